The first-order valence-corrected chi connectivity index (χ1v) is 3.98. The summed E-state index contributed by atoms with van der Waals surface area (Å²) in [6.07, 6.45) is 3.42. The molecule has 1 aliphatic heterocycles. The Balaban J connectivity index is 2.48. The van der Waals surface area contributed by atoms with E-state index in [1.807, 2.05) is 4.57 Å². The monoisotopic (exact) mass is 152 g/mol. The van der Waals surface area contributed by atoms with E-state index in [1.165, 1.54) is 12.8 Å². The summed E-state index contributed by atoms with van der Waals surface area (Å²) in [5.74, 6) is 1.61. The van der Waals surface area contributed by atoms with Gasteiger partial charge in [-0.3, -0.25) is 4.57 Å². The van der Waals surface area contributed by atoms with Crippen molar-refractivity contribution in [3.05, 3.63) is 5.82 Å². The van der Waals surface area contributed by atoms with Gasteiger partial charge in [0.1, 0.15) is 5.82 Å². The molecule has 0 bridgehead atoms. The quantitative estimate of drug-likeness (QED) is 0.597. The van der Waals surface area contributed by atoms with Crippen molar-refractivity contribution in [2.45, 2.75) is 32.2 Å². The number of fused-ring (bicyclic) bond motifs is 1. The van der Waals surface area contributed by atoms with Gasteiger partial charge in [0.2, 0.25) is 5.95 Å². The van der Waals surface area contributed by atoms with Crippen LogP contribution >= 0.6 is 0 Å². The Kier molecular flexibility index (Phi) is 1.34. The lowest BCUT2D eigenvalue weighted by Crippen LogP contribution is -2.16. The van der Waals surface area contributed by atoms with E-state index in [2.05, 4.69) is 17.1 Å². The molecule has 0 spiro atoms. The molecule has 11 heavy (non-hydrogen) atoms. The first-order valence-electron chi connectivity index (χ1n) is 3.98. The molecule has 0 aliphatic carbocycles. The van der Waals surface area contributed by atoms with Crippen LogP contribution in [0.15, 0.2) is 0 Å². The van der Waals surface area contributed by atoms with E-state index in [0.717, 1.165) is 12.2 Å². The maximum absolute atomic E-state index is 5.64. The third-order valence-electron chi connectivity index (χ3n) is 2.26. The summed E-state index contributed by atoms with van der Waals surface area (Å²) in [7, 11) is 0. The first-order chi connectivity index (χ1) is 5.29. The summed E-state index contributed by atoms with van der Waals surface area (Å²) in [5, 5.41) is 7.83. The lowest BCUT2D eigenvalue weighted by molar-refractivity contribution is 0.430. The minimum Gasteiger partial charge on any atom is -0.368 e. The van der Waals surface area contributed by atoms with Crippen molar-refractivity contribution in [2.75, 3.05) is 5.73 Å². The van der Waals surface area contributed by atoms with Crippen LogP contribution in [-0.2, 0) is 6.42 Å². The first kappa shape index (κ1) is 6.64. The molecule has 2 N–H and O–H groups in total. The number of aromatic nitrogens is 3. The standard InChI is InChI=1S/C7H12N4/c1-5-3-2-4-6-9-10-7(8)11(5)6/h5H,2-4H2,1H3,(H2,8,10). The van der Waals surface area contributed by atoms with E-state index >= 15 is 0 Å². The van der Waals surface area contributed by atoms with Gasteiger partial charge in [-0.05, 0) is 19.8 Å². The molecule has 1 aromatic rings. The zero-order valence-corrected chi connectivity index (χ0v) is 6.62. The van der Waals surface area contributed by atoms with Crippen LogP contribution < -0.4 is 5.73 Å². The van der Waals surface area contributed by atoms with Crippen molar-refractivity contribution in [3.8, 4) is 0 Å². The van der Waals surface area contributed by atoms with Crippen molar-refractivity contribution in [3.63, 3.8) is 0 Å². The van der Waals surface area contributed by atoms with E-state index in [9.17, 15) is 0 Å². The smallest absolute Gasteiger partial charge is 0.222 e. The normalized spacial score (nSPS) is 23.2. The molecule has 2 rings (SSSR count). The van der Waals surface area contributed by atoms with Gasteiger partial charge in [-0.15, -0.1) is 10.2 Å². The van der Waals surface area contributed by atoms with Gasteiger partial charge in [0.05, 0.1) is 0 Å². The summed E-state index contributed by atoms with van der Waals surface area (Å²) in [5.41, 5.74) is 5.64. The van der Waals surface area contributed by atoms with Crippen molar-refractivity contribution in [1.29, 1.82) is 0 Å². The fourth-order valence-corrected chi connectivity index (χ4v) is 1.67. The van der Waals surface area contributed by atoms with E-state index in [-0.39, 0.29) is 0 Å². The van der Waals surface area contributed by atoms with Crippen LogP contribution in [0, 0.1) is 0 Å². The molecule has 60 valence electrons. The Morgan fingerprint density at radius 3 is 3.09 bits per heavy atom. The molecular formula is C7H12N4. The highest BCUT2D eigenvalue weighted by Gasteiger charge is 2.19. The Morgan fingerprint density at radius 2 is 2.36 bits per heavy atom. The molecule has 2 heterocycles. The predicted molar refractivity (Wildman–Crippen MR) is 42.1 cm³/mol. The van der Waals surface area contributed by atoms with Crippen LogP contribution in [0.4, 0.5) is 5.95 Å². The van der Waals surface area contributed by atoms with Gasteiger partial charge < -0.3 is 5.73 Å². The summed E-state index contributed by atoms with van der Waals surface area (Å²) in [4.78, 5) is 0. The summed E-state index contributed by atoms with van der Waals surface area (Å²) < 4.78 is 2.03. The highest BCUT2D eigenvalue weighted by atomic mass is 15.3. The molecule has 4 nitrogen and oxygen atoms in total. The average molecular weight is 152 g/mol. The van der Waals surface area contributed by atoms with Gasteiger partial charge in [-0.25, -0.2) is 0 Å². The molecule has 0 amide bonds. The van der Waals surface area contributed by atoms with Crippen LogP contribution in [-0.4, -0.2) is 14.8 Å². The molecule has 4 heteroatoms. The number of rotatable bonds is 0. The van der Waals surface area contributed by atoms with Gasteiger partial charge in [0.15, 0.2) is 0 Å². The molecule has 0 saturated heterocycles. The van der Waals surface area contributed by atoms with E-state index in [0.29, 0.717) is 12.0 Å². The molecular weight excluding hydrogens is 140 g/mol. The minimum absolute atomic E-state index is 0.480. The topological polar surface area (TPSA) is 56.7 Å². The molecule has 0 fully saturated rings. The second-order valence-electron chi connectivity index (χ2n) is 3.09. The summed E-state index contributed by atoms with van der Waals surface area (Å²) >= 11 is 0. The van der Waals surface area contributed by atoms with Gasteiger partial charge in [0, 0.05) is 12.5 Å². The SMILES string of the molecule is CC1CCCc2nnc(N)n21. The Morgan fingerprint density at radius 1 is 1.55 bits per heavy atom. The number of aryl methyl sites for hydroxylation is 1. The summed E-state index contributed by atoms with van der Waals surface area (Å²) in [6.45, 7) is 2.16. The Hall–Kier alpha value is -1.06. The van der Waals surface area contributed by atoms with Crippen LogP contribution in [0.25, 0.3) is 0 Å². The lowest BCUT2D eigenvalue weighted by atomic mass is 10.1. The maximum Gasteiger partial charge on any atom is 0.222 e. The predicted octanol–water partition coefficient (Wildman–Crippen LogP) is 0.758. The largest absolute Gasteiger partial charge is 0.368 e. The molecule has 0 radical (unpaired) electrons. The second kappa shape index (κ2) is 2.22. The number of hydrogen-bond acceptors (Lipinski definition) is 3. The third kappa shape index (κ3) is 0.895. The van der Waals surface area contributed by atoms with Crippen LogP contribution in [0.2, 0.25) is 0 Å². The zero-order valence-electron chi connectivity index (χ0n) is 6.62. The van der Waals surface area contributed by atoms with Crippen molar-refractivity contribution in [2.24, 2.45) is 0 Å². The fourth-order valence-electron chi connectivity index (χ4n) is 1.67. The van der Waals surface area contributed by atoms with Crippen molar-refractivity contribution < 1.29 is 0 Å². The molecule has 1 unspecified atom stereocenters. The second-order valence-corrected chi connectivity index (χ2v) is 3.09. The average Bonchev–Trinajstić information content (AvgIpc) is 2.34. The lowest BCUT2D eigenvalue weighted by Gasteiger charge is -2.20. The third-order valence-corrected chi connectivity index (χ3v) is 2.26. The van der Waals surface area contributed by atoms with Gasteiger partial charge >= 0.3 is 0 Å². The molecule has 0 saturated carbocycles. The number of nitrogen functional groups attached to an aromatic ring is 1. The minimum atomic E-state index is 0.480. The highest BCUT2D eigenvalue weighted by molar-refractivity contribution is 5.19. The molecule has 1 atom stereocenters. The van der Waals surface area contributed by atoms with Crippen molar-refractivity contribution in [1.82, 2.24) is 14.8 Å². The van der Waals surface area contributed by atoms with Gasteiger partial charge in [-0.1, -0.05) is 0 Å². The van der Waals surface area contributed by atoms with E-state index < -0.39 is 0 Å². The Bertz CT molecular complexity index is 265. The fraction of sp³-hybridized carbons (Fsp3) is 0.714. The number of anilines is 1. The van der Waals surface area contributed by atoms with E-state index in [1.54, 1.807) is 0 Å². The van der Waals surface area contributed by atoms with Crippen molar-refractivity contribution >= 4 is 5.95 Å². The van der Waals surface area contributed by atoms with Crippen LogP contribution in [0.1, 0.15) is 31.6 Å². The van der Waals surface area contributed by atoms with Crippen LogP contribution in [0.3, 0.4) is 0 Å². The summed E-state index contributed by atoms with van der Waals surface area (Å²) in [6, 6.07) is 0.480. The number of hydrogen-bond donors (Lipinski definition) is 1. The number of nitrogens with two attached hydrogens (primary N) is 1. The van der Waals surface area contributed by atoms with Crippen LogP contribution in [0.5, 0.6) is 0 Å². The van der Waals surface area contributed by atoms with Gasteiger partial charge in [0.25, 0.3) is 0 Å². The number of nitrogens with zero attached hydrogens (tertiary/aromatic N) is 3. The highest BCUT2D eigenvalue weighted by Crippen LogP contribution is 2.24. The Labute approximate surface area is 65.4 Å². The van der Waals surface area contributed by atoms with Gasteiger partial charge in [-0.2, -0.15) is 0 Å². The zero-order chi connectivity index (χ0) is 7.84. The molecule has 0 aromatic carbocycles. The maximum atomic E-state index is 5.64. The van der Waals surface area contributed by atoms with E-state index in [4.69, 9.17) is 5.73 Å². The molecule has 1 aliphatic rings. The molecule has 1 aromatic heterocycles.